The van der Waals surface area contributed by atoms with Crippen LogP contribution in [0.4, 0.5) is 0 Å². The van der Waals surface area contributed by atoms with Crippen LogP contribution >= 0.6 is 11.3 Å². The van der Waals surface area contributed by atoms with Gasteiger partial charge in [-0.3, -0.25) is 0 Å². The molecule has 23 rings (SSSR count). The van der Waals surface area contributed by atoms with E-state index in [1.54, 1.807) is 0 Å². The SMILES string of the molecule is CC1(C)c2ccc(-c3c4ccccc4c(-c4cccc5c4sc4ccccc45)c4ccccc34)cc2-c2c1c1ccccc1c1ccccc21.CC1(C)c2ccc(-c3ccc(-c4c5ccccc5c(-c5ccccc5-c5cccc6ccccc56)c5ccccc45)cc3)cc2-c2c1c1ccccc1c1ccccc21. The zero-order chi connectivity index (χ0) is 72.4. The van der Waals surface area contributed by atoms with Gasteiger partial charge in [0.15, 0.2) is 0 Å². The van der Waals surface area contributed by atoms with Crippen molar-refractivity contribution in [3.63, 3.8) is 0 Å². The van der Waals surface area contributed by atoms with Crippen LogP contribution in [-0.2, 0) is 10.8 Å². The molecule has 0 saturated heterocycles. The number of benzene rings is 20. The number of thiophene rings is 1. The molecule has 0 aliphatic heterocycles. The fraction of sp³-hybridized carbons (Fsp3) is 0.0556. The molecule has 0 bridgehead atoms. The molecule has 0 nitrogen and oxygen atoms in total. The second-order valence-corrected chi connectivity index (χ2v) is 32.1. The van der Waals surface area contributed by atoms with Gasteiger partial charge < -0.3 is 0 Å². The minimum absolute atomic E-state index is 0.111. The Hall–Kier alpha value is -13.0. The van der Waals surface area contributed by atoms with Gasteiger partial charge in [0, 0.05) is 36.6 Å². The minimum atomic E-state index is -0.121. The Morgan fingerprint density at radius 1 is 0.183 bits per heavy atom. The zero-order valence-electron chi connectivity index (χ0n) is 61.0. The maximum absolute atomic E-state index is 2.50. The second-order valence-electron chi connectivity index (χ2n) is 31.1. The van der Waals surface area contributed by atoms with Crippen molar-refractivity contribution in [1.82, 2.24) is 0 Å². The van der Waals surface area contributed by atoms with E-state index in [-0.39, 0.29) is 10.8 Å². The second kappa shape index (κ2) is 24.2. The van der Waals surface area contributed by atoms with E-state index in [4.69, 9.17) is 0 Å². The van der Waals surface area contributed by atoms with E-state index in [0.29, 0.717) is 0 Å². The van der Waals surface area contributed by atoms with E-state index >= 15 is 0 Å². The van der Waals surface area contributed by atoms with Gasteiger partial charge in [-0.05, 0) is 221 Å². The predicted octanol–water partition coefficient (Wildman–Crippen LogP) is 30.7. The summed E-state index contributed by atoms with van der Waals surface area (Å²) in [7, 11) is 0. The molecule has 2 aliphatic rings. The van der Waals surface area contributed by atoms with E-state index in [1.807, 2.05) is 11.3 Å². The van der Waals surface area contributed by atoms with Gasteiger partial charge in [0.1, 0.15) is 0 Å². The molecule has 0 saturated carbocycles. The van der Waals surface area contributed by atoms with Gasteiger partial charge >= 0.3 is 0 Å². The first kappa shape index (κ1) is 63.3. The fourth-order valence-electron chi connectivity index (χ4n) is 20.0. The average Bonchev–Trinajstić information content (AvgIpc) is 1.50. The third-order valence-corrected chi connectivity index (χ3v) is 25.9. The van der Waals surface area contributed by atoms with Gasteiger partial charge in [-0.1, -0.05) is 373 Å². The molecule has 2 aliphatic carbocycles. The third kappa shape index (κ3) is 9.37. The monoisotopic (exact) mass is 1400 g/mol. The molecule has 1 aromatic heterocycles. The van der Waals surface area contributed by atoms with Crippen LogP contribution in [0.1, 0.15) is 49.9 Å². The summed E-state index contributed by atoms with van der Waals surface area (Å²) in [5.74, 6) is 0. The molecule has 20 aromatic carbocycles. The third-order valence-electron chi connectivity index (χ3n) is 24.6. The van der Waals surface area contributed by atoms with Gasteiger partial charge in [0.05, 0.1) is 0 Å². The Kier molecular flexibility index (Phi) is 14.1. The average molecular weight is 1400 g/mol. The highest BCUT2D eigenvalue weighted by atomic mass is 32.1. The van der Waals surface area contributed by atoms with Gasteiger partial charge in [0.2, 0.25) is 0 Å². The van der Waals surface area contributed by atoms with Crippen molar-refractivity contribution < 1.29 is 0 Å². The number of hydrogen-bond acceptors (Lipinski definition) is 1. The molecular formula is C108H72S. The molecule has 0 unspecified atom stereocenters. The van der Waals surface area contributed by atoms with Crippen molar-refractivity contribution in [2.75, 3.05) is 0 Å². The van der Waals surface area contributed by atoms with Crippen molar-refractivity contribution in [3.8, 4) is 89.0 Å². The Morgan fingerprint density at radius 2 is 0.495 bits per heavy atom. The number of fused-ring (bicyclic) bond motifs is 24. The summed E-state index contributed by atoms with van der Waals surface area (Å²) in [4.78, 5) is 0. The van der Waals surface area contributed by atoms with E-state index in [0.717, 1.165) is 0 Å². The molecule has 0 atom stereocenters. The summed E-state index contributed by atoms with van der Waals surface area (Å²) < 4.78 is 2.69. The number of hydrogen-bond donors (Lipinski definition) is 0. The lowest BCUT2D eigenvalue weighted by Gasteiger charge is -2.24. The smallest absolute Gasteiger partial charge is 0.0434 e. The molecule has 0 N–H and O–H groups in total. The summed E-state index contributed by atoms with van der Waals surface area (Å²) in [6.45, 7) is 9.62. The van der Waals surface area contributed by atoms with Crippen LogP contribution < -0.4 is 0 Å². The summed E-state index contributed by atoms with van der Waals surface area (Å²) in [5, 5.41) is 26.1. The van der Waals surface area contributed by atoms with Gasteiger partial charge in [-0.2, -0.15) is 0 Å². The Bertz CT molecular complexity index is 7340. The lowest BCUT2D eigenvalue weighted by atomic mass is 9.79. The molecule has 0 radical (unpaired) electrons. The number of rotatable bonds is 6. The lowest BCUT2D eigenvalue weighted by Crippen LogP contribution is -2.15. The van der Waals surface area contributed by atoms with E-state index in [9.17, 15) is 0 Å². The normalized spacial score (nSPS) is 13.3. The zero-order valence-corrected chi connectivity index (χ0v) is 61.9. The first-order chi connectivity index (χ1) is 53.7. The van der Waals surface area contributed by atoms with Gasteiger partial charge in [-0.25, -0.2) is 0 Å². The van der Waals surface area contributed by atoms with Crippen molar-refractivity contribution in [2.45, 2.75) is 38.5 Å². The largest absolute Gasteiger partial charge is 0.135 e. The van der Waals surface area contributed by atoms with Crippen LogP contribution in [0.25, 0.3) is 206 Å². The predicted molar refractivity (Wildman–Crippen MR) is 471 cm³/mol. The lowest BCUT2D eigenvalue weighted by molar-refractivity contribution is 0.666. The molecule has 0 amide bonds. The highest BCUT2D eigenvalue weighted by molar-refractivity contribution is 7.26. The molecular weight excluding hydrogens is 1330 g/mol. The summed E-state index contributed by atoms with van der Waals surface area (Å²) in [5.41, 5.74) is 26.1. The van der Waals surface area contributed by atoms with Crippen LogP contribution in [0.15, 0.2) is 364 Å². The van der Waals surface area contributed by atoms with Crippen LogP contribution in [-0.4, -0.2) is 0 Å². The van der Waals surface area contributed by atoms with E-state index in [2.05, 4.69) is 392 Å². The van der Waals surface area contributed by atoms with Crippen molar-refractivity contribution in [3.05, 3.63) is 386 Å². The minimum Gasteiger partial charge on any atom is -0.135 e. The van der Waals surface area contributed by atoms with Crippen molar-refractivity contribution >= 4 is 128 Å². The Labute approximate surface area is 637 Å². The topological polar surface area (TPSA) is 0 Å². The molecule has 1 heteroatoms. The summed E-state index contributed by atoms with van der Waals surface area (Å²) in [6, 6.07) is 136. The van der Waals surface area contributed by atoms with Gasteiger partial charge in [-0.15, -0.1) is 11.3 Å². The highest BCUT2D eigenvalue weighted by Crippen LogP contribution is 2.59. The highest BCUT2D eigenvalue weighted by Gasteiger charge is 2.41. The Balaban J connectivity index is 0.000000137. The molecule has 109 heavy (non-hydrogen) atoms. The first-order valence-electron chi connectivity index (χ1n) is 38.3. The first-order valence-corrected chi connectivity index (χ1v) is 39.1. The van der Waals surface area contributed by atoms with Crippen LogP contribution in [0.3, 0.4) is 0 Å². The van der Waals surface area contributed by atoms with E-state index < -0.39 is 0 Å². The molecule has 510 valence electrons. The van der Waals surface area contributed by atoms with Gasteiger partial charge in [0.25, 0.3) is 0 Å². The summed E-state index contributed by atoms with van der Waals surface area (Å²) >= 11 is 1.91. The maximum atomic E-state index is 2.50. The fourth-order valence-corrected chi connectivity index (χ4v) is 21.2. The maximum Gasteiger partial charge on any atom is 0.0434 e. The molecule has 0 fully saturated rings. The summed E-state index contributed by atoms with van der Waals surface area (Å²) in [6.07, 6.45) is 0. The van der Waals surface area contributed by atoms with Crippen LogP contribution in [0, 0.1) is 0 Å². The quantitative estimate of drug-likeness (QED) is 0.115. The van der Waals surface area contributed by atoms with Crippen molar-refractivity contribution in [1.29, 1.82) is 0 Å². The molecule has 1 heterocycles. The van der Waals surface area contributed by atoms with Crippen LogP contribution in [0.5, 0.6) is 0 Å². The van der Waals surface area contributed by atoms with Crippen molar-refractivity contribution in [2.24, 2.45) is 0 Å². The Morgan fingerprint density at radius 3 is 1.01 bits per heavy atom. The standard InChI is InChI=1S/C59H40.C49H32S/c1-59(2)54-35-34-40(36-53(54)57-47-23-9-6-20-44(47)45-21-7-14-28-52(45)58(57)59)37-30-32-39(33-31-37)55-48-24-10-12-26-50(48)56(51-27-13-11-25-49(51)55)46-22-8-5-19-43(46)42-29-15-17-38-16-3-4-18-41(38)42;1-49(2)42-27-26-29(28-41(42)46-33-17-5-3-14-30(33)31-15-4-10-22-38(31)47(46)49)44-34-18-6-8-20-36(34)45(37-21-9-7-19-35(37)44)40-24-13-23-39-32-16-11-12-25-43(32)50-48(39)40/h3-36H,1-2H3;3-28H,1-2H3. The molecule has 0 spiro atoms. The van der Waals surface area contributed by atoms with E-state index in [1.165, 1.54) is 228 Å². The molecule has 21 aromatic rings. The van der Waals surface area contributed by atoms with Crippen LogP contribution in [0.2, 0.25) is 0 Å².